The number of carbonyl (C=O) groups is 1. The summed E-state index contributed by atoms with van der Waals surface area (Å²) >= 11 is 0. The second kappa shape index (κ2) is 10.7. The van der Waals surface area contributed by atoms with Gasteiger partial charge >= 0.3 is 0 Å². The Morgan fingerprint density at radius 1 is 1.05 bits per heavy atom. The molecule has 11 heteroatoms. The van der Waals surface area contributed by atoms with Crippen molar-refractivity contribution in [1.82, 2.24) is 25.3 Å². The van der Waals surface area contributed by atoms with Gasteiger partial charge in [0, 0.05) is 66.9 Å². The van der Waals surface area contributed by atoms with E-state index in [9.17, 15) is 17.6 Å². The summed E-state index contributed by atoms with van der Waals surface area (Å²) in [7, 11) is -1.65. The van der Waals surface area contributed by atoms with E-state index in [1.807, 2.05) is 43.4 Å². The van der Waals surface area contributed by atoms with Gasteiger partial charge in [0.15, 0.2) is 9.84 Å². The number of aromatic nitrogens is 4. The maximum atomic E-state index is 13.8. The summed E-state index contributed by atoms with van der Waals surface area (Å²) in [4.78, 5) is 12.6. The minimum atomic E-state index is -3.51. The number of nitrogens with zero attached hydrogens (tertiary/aromatic N) is 3. The molecule has 0 unspecified atom stereocenters. The highest BCUT2D eigenvalue weighted by molar-refractivity contribution is 7.90. The van der Waals surface area contributed by atoms with Gasteiger partial charge in [-0.25, -0.2) is 12.8 Å². The van der Waals surface area contributed by atoms with Crippen LogP contribution in [0.1, 0.15) is 21.6 Å². The molecule has 3 aromatic carbocycles. The quantitative estimate of drug-likeness (QED) is 0.240. The highest BCUT2D eigenvalue weighted by atomic mass is 32.2. The number of benzene rings is 3. The zero-order valence-corrected chi connectivity index (χ0v) is 22.2. The van der Waals surface area contributed by atoms with Crippen LogP contribution in [0.3, 0.4) is 0 Å². The molecule has 9 nitrogen and oxygen atoms in total. The molecule has 0 aliphatic rings. The van der Waals surface area contributed by atoms with Crippen molar-refractivity contribution >= 4 is 32.3 Å². The lowest BCUT2D eigenvalue weighted by Crippen LogP contribution is -2.25. The second-order valence-electron chi connectivity index (χ2n) is 9.25. The number of rotatable bonds is 9. The SMILES string of the molecule is Cn1nc(-c2ccc(C(=O)NCCc3ccn[nH]3)cc2)c2cc(NCc3cc(F)ccc3S(C)(=O)=O)ccc21. The van der Waals surface area contributed by atoms with Gasteiger partial charge in [-0.1, -0.05) is 12.1 Å². The van der Waals surface area contributed by atoms with Gasteiger partial charge in [-0.15, -0.1) is 0 Å². The zero-order chi connectivity index (χ0) is 27.6. The van der Waals surface area contributed by atoms with Crippen molar-refractivity contribution in [1.29, 1.82) is 0 Å². The van der Waals surface area contributed by atoms with Crippen LogP contribution in [-0.4, -0.2) is 47.1 Å². The van der Waals surface area contributed by atoms with Crippen LogP contribution >= 0.6 is 0 Å². The maximum absolute atomic E-state index is 13.8. The van der Waals surface area contributed by atoms with E-state index in [-0.39, 0.29) is 17.3 Å². The van der Waals surface area contributed by atoms with Gasteiger partial charge in [-0.2, -0.15) is 10.2 Å². The normalized spacial score (nSPS) is 11.6. The fourth-order valence-electron chi connectivity index (χ4n) is 4.45. The van der Waals surface area contributed by atoms with Crippen LogP contribution in [0.4, 0.5) is 10.1 Å². The summed E-state index contributed by atoms with van der Waals surface area (Å²) in [6.07, 6.45) is 3.44. The fourth-order valence-corrected chi connectivity index (χ4v) is 5.37. The monoisotopic (exact) mass is 546 g/mol. The Labute approximate surface area is 225 Å². The Balaban J connectivity index is 1.34. The Morgan fingerprint density at radius 2 is 1.85 bits per heavy atom. The van der Waals surface area contributed by atoms with Crippen LogP contribution in [0.25, 0.3) is 22.2 Å². The van der Waals surface area contributed by atoms with Crippen molar-refractivity contribution in [3.8, 4) is 11.3 Å². The predicted molar refractivity (Wildman–Crippen MR) is 148 cm³/mol. The molecule has 0 aliphatic heterocycles. The third-order valence-electron chi connectivity index (χ3n) is 6.41. The van der Waals surface area contributed by atoms with Crippen LogP contribution in [0.15, 0.2) is 77.8 Å². The first kappa shape index (κ1) is 26.1. The van der Waals surface area contributed by atoms with E-state index in [0.29, 0.717) is 24.1 Å². The Bertz CT molecular complexity index is 1750. The summed E-state index contributed by atoms with van der Waals surface area (Å²) in [5.41, 5.74) is 5.06. The number of aryl methyl sites for hydroxylation is 1. The smallest absolute Gasteiger partial charge is 0.251 e. The minimum Gasteiger partial charge on any atom is -0.381 e. The largest absolute Gasteiger partial charge is 0.381 e. The van der Waals surface area contributed by atoms with E-state index < -0.39 is 15.7 Å². The minimum absolute atomic E-state index is 0.0879. The Hall–Kier alpha value is -4.51. The van der Waals surface area contributed by atoms with Crippen molar-refractivity contribution in [2.45, 2.75) is 17.9 Å². The number of halogens is 1. The van der Waals surface area contributed by atoms with Crippen LogP contribution in [0.5, 0.6) is 0 Å². The van der Waals surface area contributed by atoms with Gasteiger partial charge in [-0.3, -0.25) is 14.6 Å². The van der Waals surface area contributed by atoms with E-state index >= 15 is 0 Å². The molecule has 2 heterocycles. The third kappa shape index (κ3) is 5.83. The summed E-state index contributed by atoms with van der Waals surface area (Å²) in [6.45, 7) is 0.621. The molecule has 0 spiro atoms. The number of anilines is 1. The number of H-pyrrole nitrogens is 1. The molecular weight excluding hydrogens is 519 g/mol. The average molecular weight is 547 g/mol. The molecule has 3 N–H and O–H groups in total. The number of sulfone groups is 1. The Morgan fingerprint density at radius 3 is 2.56 bits per heavy atom. The first-order valence-electron chi connectivity index (χ1n) is 12.2. The first-order valence-corrected chi connectivity index (χ1v) is 14.1. The topological polar surface area (TPSA) is 122 Å². The molecule has 5 aromatic rings. The fraction of sp³-hybridized carbons (Fsp3) is 0.179. The molecule has 0 saturated heterocycles. The number of nitrogens with one attached hydrogen (secondary N) is 3. The number of hydrogen-bond donors (Lipinski definition) is 3. The van der Waals surface area contributed by atoms with Crippen LogP contribution in [0.2, 0.25) is 0 Å². The number of fused-ring (bicyclic) bond motifs is 1. The molecule has 39 heavy (non-hydrogen) atoms. The third-order valence-corrected chi connectivity index (χ3v) is 7.61. The van der Waals surface area contributed by atoms with Gasteiger partial charge in [-0.05, 0) is 60.2 Å². The van der Waals surface area contributed by atoms with Gasteiger partial charge in [0.2, 0.25) is 0 Å². The predicted octanol–water partition coefficient (Wildman–Crippen LogP) is 4.09. The summed E-state index contributed by atoms with van der Waals surface area (Å²) in [6, 6.07) is 18.5. The van der Waals surface area contributed by atoms with Crippen molar-refractivity contribution < 1.29 is 17.6 Å². The molecule has 0 bridgehead atoms. The standard InChI is InChI=1S/C28H27FN6O3S/c1-35-25-9-8-23(31-17-20-15-21(29)7-10-26(20)39(2,37)38)16-24(25)27(34-35)18-3-5-19(6-4-18)28(36)30-13-11-22-12-14-32-33-22/h3-10,12,14-16,31H,11,13,17H2,1-2H3,(H,30,36)(H,32,33). The van der Waals surface area contributed by atoms with Crippen LogP contribution in [0, 0.1) is 5.82 Å². The highest BCUT2D eigenvalue weighted by Crippen LogP contribution is 2.30. The van der Waals surface area contributed by atoms with Gasteiger partial charge in [0.1, 0.15) is 11.5 Å². The summed E-state index contributed by atoms with van der Waals surface area (Å²) in [5, 5.41) is 18.4. The molecule has 5 rings (SSSR count). The molecule has 200 valence electrons. The highest BCUT2D eigenvalue weighted by Gasteiger charge is 2.16. The molecule has 1 amide bonds. The van der Waals surface area contributed by atoms with Crippen LogP contribution < -0.4 is 10.6 Å². The molecular formula is C28H27FN6O3S. The zero-order valence-electron chi connectivity index (χ0n) is 21.4. The second-order valence-corrected chi connectivity index (χ2v) is 11.2. The van der Waals surface area contributed by atoms with E-state index in [0.717, 1.165) is 45.9 Å². The van der Waals surface area contributed by atoms with E-state index in [1.54, 1.807) is 23.0 Å². The van der Waals surface area contributed by atoms with Crippen molar-refractivity contribution in [2.24, 2.45) is 7.05 Å². The van der Waals surface area contributed by atoms with Gasteiger partial charge < -0.3 is 10.6 Å². The number of amides is 1. The maximum Gasteiger partial charge on any atom is 0.251 e. The number of carbonyl (C=O) groups excluding carboxylic acids is 1. The molecule has 0 fully saturated rings. The van der Waals surface area contributed by atoms with Crippen LogP contribution in [-0.2, 0) is 29.9 Å². The summed E-state index contributed by atoms with van der Waals surface area (Å²) < 4.78 is 39.9. The van der Waals surface area contributed by atoms with E-state index in [2.05, 4.69) is 25.9 Å². The molecule has 0 radical (unpaired) electrons. The average Bonchev–Trinajstić information content (AvgIpc) is 3.54. The molecule has 0 saturated carbocycles. The van der Waals surface area contributed by atoms with E-state index in [4.69, 9.17) is 0 Å². The first-order chi connectivity index (χ1) is 18.7. The number of aromatic amines is 1. The van der Waals surface area contributed by atoms with Gasteiger partial charge in [0.05, 0.1) is 10.4 Å². The Kier molecular flexibility index (Phi) is 7.16. The van der Waals surface area contributed by atoms with Crippen molar-refractivity contribution in [2.75, 3.05) is 18.1 Å². The molecule has 0 aliphatic carbocycles. The summed E-state index contributed by atoms with van der Waals surface area (Å²) in [5.74, 6) is -0.664. The van der Waals surface area contributed by atoms with Crippen molar-refractivity contribution in [3.05, 3.63) is 95.6 Å². The molecule has 2 aromatic heterocycles. The van der Waals surface area contributed by atoms with Gasteiger partial charge in [0.25, 0.3) is 5.91 Å². The lowest BCUT2D eigenvalue weighted by atomic mass is 10.0. The molecule has 0 atom stereocenters. The number of hydrogen-bond acceptors (Lipinski definition) is 6. The lowest BCUT2D eigenvalue weighted by molar-refractivity contribution is 0.0954. The lowest BCUT2D eigenvalue weighted by Gasteiger charge is -2.11. The van der Waals surface area contributed by atoms with Crippen molar-refractivity contribution in [3.63, 3.8) is 0 Å². The van der Waals surface area contributed by atoms with E-state index in [1.165, 1.54) is 12.1 Å².